The highest BCUT2D eigenvalue weighted by Gasteiger charge is 2.41. The van der Waals surface area contributed by atoms with Gasteiger partial charge in [-0.2, -0.15) is 13.2 Å². The third kappa shape index (κ3) is 5.61. The second-order valence-corrected chi connectivity index (χ2v) is 10.8. The van der Waals surface area contributed by atoms with Crippen molar-refractivity contribution in [2.45, 2.75) is 44.4 Å². The highest BCUT2D eigenvalue weighted by atomic mass is 35.5. The molecule has 5 heterocycles. The first-order valence-corrected chi connectivity index (χ1v) is 13.3. The lowest BCUT2D eigenvalue weighted by Crippen LogP contribution is -2.48. The summed E-state index contributed by atoms with van der Waals surface area (Å²) in [7, 11) is 0. The van der Waals surface area contributed by atoms with Crippen molar-refractivity contribution in [1.82, 2.24) is 15.0 Å². The number of halogens is 4. The van der Waals surface area contributed by atoms with E-state index in [1.165, 1.54) is 29.4 Å². The summed E-state index contributed by atoms with van der Waals surface area (Å²) in [6.45, 7) is 5.54. The van der Waals surface area contributed by atoms with E-state index in [0.29, 0.717) is 37.6 Å². The number of carbonyl (C=O) groups excluding carboxylic acids is 1. The summed E-state index contributed by atoms with van der Waals surface area (Å²) >= 11 is 6.52. The molecule has 0 spiro atoms. The van der Waals surface area contributed by atoms with Gasteiger partial charge in [-0.15, -0.1) is 0 Å². The number of hydrogen-bond donors (Lipinski definition) is 1. The molecule has 1 N–H and O–H groups in total. The van der Waals surface area contributed by atoms with Crippen molar-refractivity contribution in [3.8, 4) is 17.1 Å². The SMILES string of the molecule is CC1(C)OCC(COc2cnc(NC(=O)N3c4nc(-c5cccc(C(F)(F)F)c5)c(Cl)cc4N4CCC3C4)cn2)O1. The Kier molecular flexibility index (Phi) is 6.91. The van der Waals surface area contributed by atoms with Crippen LogP contribution in [-0.4, -0.2) is 65.2 Å². The van der Waals surface area contributed by atoms with Crippen LogP contribution in [0.25, 0.3) is 11.3 Å². The number of nitrogens with one attached hydrogen (secondary N) is 1. The van der Waals surface area contributed by atoms with E-state index in [1.807, 2.05) is 13.8 Å². The zero-order chi connectivity index (χ0) is 28.9. The third-order valence-electron chi connectivity index (χ3n) is 7.06. The molecule has 216 valence electrons. The lowest BCUT2D eigenvalue weighted by atomic mass is 10.1. The fraction of sp³-hybridized carbons (Fsp3) is 0.407. The van der Waals surface area contributed by atoms with Gasteiger partial charge in [-0.25, -0.2) is 19.7 Å². The van der Waals surface area contributed by atoms with Crippen LogP contribution in [0, 0.1) is 0 Å². The van der Waals surface area contributed by atoms with Gasteiger partial charge in [0.05, 0.1) is 47.0 Å². The van der Waals surface area contributed by atoms with Crippen molar-refractivity contribution < 1.29 is 32.2 Å². The Morgan fingerprint density at radius 2 is 2.07 bits per heavy atom. The predicted molar refractivity (Wildman–Crippen MR) is 144 cm³/mol. The number of amides is 2. The monoisotopic (exact) mass is 590 g/mol. The summed E-state index contributed by atoms with van der Waals surface area (Å²) < 4.78 is 56.9. The maximum Gasteiger partial charge on any atom is 0.416 e. The highest BCUT2D eigenvalue weighted by Crippen LogP contribution is 2.43. The minimum absolute atomic E-state index is 0.151. The second kappa shape index (κ2) is 10.3. The number of fused-ring (bicyclic) bond motifs is 4. The van der Waals surface area contributed by atoms with Crippen LogP contribution >= 0.6 is 11.6 Å². The Bertz CT molecular complexity index is 1470. The average molecular weight is 591 g/mol. The van der Waals surface area contributed by atoms with Crippen molar-refractivity contribution in [3.63, 3.8) is 0 Å². The number of nitrogens with zero attached hydrogens (tertiary/aromatic N) is 5. The van der Waals surface area contributed by atoms with E-state index in [9.17, 15) is 18.0 Å². The van der Waals surface area contributed by atoms with E-state index in [1.54, 1.807) is 6.07 Å². The van der Waals surface area contributed by atoms with Crippen LogP contribution in [0.2, 0.25) is 5.02 Å². The second-order valence-electron chi connectivity index (χ2n) is 10.4. The van der Waals surface area contributed by atoms with Gasteiger partial charge < -0.3 is 19.1 Å². The number of hydrogen-bond acceptors (Lipinski definition) is 8. The summed E-state index contributed by atoms with van der Waals surface area (Å²) in [6.07, 6.45) is -1.31. The Labute approximate surface area is 238 Å². The maximum absolute atomic E-state index is 13.5. The third-order valence-corrected chi connectivity index (χ3v) is 7.35. The smallest absolute Gasteiger partial charge is 0.416 e. The molecule has 3 aromatic rings. The van der Waals surface area contributed by atoms with Gasteiger partial charge in [0.15, 0.2) is 17.4 Å². The van der Waals surface area contributed by atoms with Gasteiger partial charge in [0.1, 0.15) is 12.7 Å². The van der Waals surface area contributed by atoms with Crippen LogP contribution in [0.1, 0.15) is 25.8 Å². The molecule has 10 nitrogen and oxygen atoms in total. The normalized spacial score (nSPS) is 21.1. The van der Waals surface area contributed by atoms with Crippen molar-refractivity contribution in [2.24, 2.45) is 0 Å². The number of urea groups is 1. The van der Waals surface area contributed by atoms with Gasteiger partial charge in [-0.3, -0.25) is 10.2 Å². The maximum atomic E-state index is 13.5. The molecule has 3 aliphatic rings. The Morgan fingerprint density at radius 3 is 2.78 bits per heavy atom. The first kappa shape index (κ1) is 27.5. The predicted octanol–water partition coefficient (Wildman–Crippen LogP) is 5.37. The molecule has 2 atom stereocenters. The standard InChI is InChI=1S/C27H26ClF3N6O4/c1-26(2)40-14-18(41-26)13-39-22-11-32-21(10-33-22)34-25(38)37-17-6-7-36(12-17)20-9-19(28)23(35-24(20)37)15-4-3-5-16(8-15)27(29,30)31/h3-5,8-11,17-18H,6-7,12-14H2,1-2H3,(H,32,34,38). The molecule has 41 heavy (non-hydrogen) atoms. The van der Waals surface area contributed by atoms with Crippen molar-refractivity contribution >= 4 is 35.0 Å². The van der Waals surface area contributed by atoms with Crippen LogP contribution < -0.4 is 19.9 Å². The van der Waals surface area contributed by atoms with Gasteiger partial charge in [0.2, 0.25) is 5.88 Å². The van der Waals surface area contributed by atoms with Gasteiger partial charge in [-0.1, -0.05) is 23.7 Å². The van der Waals surface area contributed by atoms with E-state index < -0.39 is 23.6 Å². The average Bonchev–Trinajstić information content (AvgIpc) is 3.51. The fourth-order valence-corrected chi connectivity index (χ4v) is 5.43. The summed E-state index contributed by atoms with van der Waals surface area (Å²) in [5.74, 6) is 0.0967. The molecular formula is C27H26ClF3N6O4. The highest BCUT2D eigenvalue weighted by molar-refractivity contribution is 6.33. The number of carbonyl (C=O) groups is 1. The minimum atomic E-state index is -4.52. The number of alkyl halides is 3. The number of anilines is 3. The molecule has 2 amide bonds. The summed E-state index contributed by atoms with van der Waals surface area (Å²) in [4.78, 5) is 30.2. The minimum Gasteiger partial charge on any atom is -0.474 e. The van der Waals surface area contributed by atoms with Gasteiger partial charge in [0.25, 0.3) is 0 Å². The number of ether oxygens (including phenoxy) is 3. The molecule has 0 saturated carbocycles. The van der Waals surface area contributed by atoms with Crippen LogP contribution in [-0.2, 0) is 15.7 Å². The molecule has 6 rings (SSSR count). The molecule has 0 aliphatic carbocycles. The number of rotatable bonds is 5. The number of aromatic nitrogens is 3. The lowest BCUT2D eigenvalue weighted by Gasteiger charge is -2.36. The molecule has 2 aromatic heterocycles. The summed E-state index contributed by atoms with van der Waals surface area (Å²) in [5.41, 5.74) is 0.160. The molecule has 2 unspecified atom stereocenters. The number of pyridine rings is 1. The van der Waals surface area contributed by atoms with E-state index in [0.717, 1.165) is 12.1 Å². The number of benzene rings is 1. The Hall–Kier alpha value is -3.68. The van der Waals surface area contributed by atoms with Crippen molar-refractivity contribution in [2.75, 3.05) is 41.4 Å². The fourth-order valence-electron chi connectivity index (χ4n) is 5.18. The van der Waals surface area contributed by atoms with Crippen LogP contribution in [0.4, 0.5) is 35.3 Å². The first-order valence-electron chi connectivity index (χ1n) is 13.0. The quantitative estimate of drug-likeness (QED) is 0.423. The molecule has 2 fully saturated rings. The topological polar surface area (TPSA) is 102 Å². The Morgan fingerprint density at radius 1 is 1.24 bits per heavy atom. The molecule has 1 aromatic carbocycles. The van der Waals surface area contributed by atoms with E-state index in [-0.39, 0.29) is 46.7 Å². The first-order chi connectivity index (χ1) is 19.5. The van der Waals surface area contributed by atoms with E-state index in [2.05, 4.69) is 25.2 Å². The summed E-state index contributed by atoms with van der Waals surface area (Å²) in [5, 5.41) is 2.93. The van der Waals surface area contributed by atoms with Crippen LogP contribution in [0.15, 0.2) is 42.7 Å². The van der Waals surface area contributed by atoms with Crippen molar-refractivity contribution in [1.29, 1.82) is 0 Å². The zero-order valence-corrected chi connectivity index (χ0v) is 22.9. The molecule has 0 radical (unpaired) electrons. The lowest BCUT2D eigenvalue weighted by molar-refractivity contribution is -0.141. The van der Waals surface area contributed by atoms with Crippen molar-refractivity contribution in [3.05, 3.63) is 53.3 Å². The largest absolute Gasteiger partial charge is 0.474 e. The molecular weight excluding hydrogens is 565 g/mol. The van der Waals surface area contributed by atoms with E-state index >= 15 is 0 Å². The van der Waals surface area contributed by atoms with Gasteiger partial charge >= 0.3 is 12.2 Å². The molecule has 2 saturated heterocycles. The molecule has 14 heteroatoms. The van der Waals surface area contributed by atoms with Gasteiger partial charge in [-0.05, 0) is 38.5 Å². The zero-order valence-electron chi connectivity index (χ0n) is 22.1. The van der Waals surface area contributed by atoms with Gasteiger partial charge in [0, 0.05) is 18.7 Å². The Balaban J connectivity index is 1.21. The molecule has 2 bridgehead atoms. The van der Waals surface area contributed by atoms with Crippen LogP contribution in [0.5, 0.6) is 5.88 Å². The van der Waals surface area contributed by atoms with Crippen LogP contribution in [0.3, 0.4) is 0 Å². The van der Waals surface area contributed by atoms with E-state index in [4.69, 9.17) is 25.8 Å². The molecule has 3 aliphatic heterocycles. The summed E-state index contributed by atoms with van der Waals surface area (Å²) in [6, 6.07) is 5.74.